The SMILES string of the molecule is Cc1ccc(Cl)cc1NC(=O)CN(C1CCCCC1)S(C)(=O)=O. The van der Waals surface area contributed by atoms with Crippen LogP contribution in [-0.2, 0) is 14.8 Å². The topological polar surface area (TPSA) is 66.5 Å². The fourth-order valence-electron chi connectivity index (χ4n) is 2.95. The number of rotatable bonds is 5. The minimum atomic E-state index is -3.42. The van der Waals surface area contributed by atoms with Gasteiger partial charge in [-0.15, -0.1) is 0 Å². The fourth-order valence-corrected chi connectivity index (χ4v) is 4.22. The molecule has 0 spiro atoms. The maximum atomic E-state index is 12.3. The predicted octanol–water partition coefficient (Wildman–Crippen LogP) is 3.18. The van der Waals surface area contributed by atoms with Crippen LogP contribution in [0.3, 0.4) is 0 Å². The maximum Gasteiger partial charge on any atom is 0.239 e. The van der Waals surface area contributed by atoms with Gasteiger partial charge in [0.05, 0.1) is 12.8 Å². The lowest BCUT2D eigenvalue weighted by Gasteiger charge is -2.31. The highest BCUT2D eigenvalue weighted by Gasteiger charge is 2.29. The van der Waals surface area contributed by atoms with Crippen molar-refractivity contribution in [3.63, 3.8) is 0 Å². The van der Waals surface area contributed by atoms with Crippen LogP contribution in [0, 0.1) is 6.92 Å². The molecule has 0 bridgehead atoms. The Hall–Kier alpha value is -1.11. The molecular weight excluding hydrogens is 336 g/mol. The molecule has 1 aromatic carbocycles. The first-order valence-corrected chi connectivity index (χ1v) is 10.0. The third-order valence-corrected chi connectivity index (χ3v) is 5.70. The van der Waals surface area contributed by atoms with E-state index in [1.54, 1.807) is 12.1 Å². The van der Waals surface area contributed by atoms with E-state index in [0.29, 0.717) is 10.7 Å². The molecule has 0 saturated heterocycles. The average molecular weight is 359 g/mol. The summed E-state index contributed by atoms with van der Waals surface area (Å²) >= 11 is 5.94. The second kappa shape index (κ2) is 7.64. The molecule has 1 aliphatic rings. The number of nitrogens with one attached hydrogen (secondary N) is 1. The van der Waals surface area contributed by atoms with E-state index in [-0.39, 0.29) is 18.5 Å². The summed E-state index contributed by atoms with van der Waals surface area (Å²) < 4.78 is 25.5. The fraction of sp³-hybridized carbons (Fsp3) is 0.562. The zero-order valence-electron chi connectivity index (χ0n) is 13.5. The number of sulfonamides is 1. The number of anilines is 1. The molecule has 1 N–H and O–H groups in total. The summed E-state index contributed by atoms with van der Waals surface area (Å²) in [6.07, 6.45) is 5.94. The number of halogens is 1. The van der Waals surface area contributed by atoms with Gasteiger partial charge in [-0.25, -0.2) is 8.42 Å². The van der Waals surface area contributed by atoms with Crippen LogP contribution in [0.2, 0.25) is 5.02 Å². The van der Waals surface area contributed by atoms with Crippen molar-refractivity contribution in [1.82, 2.24) is 4.31 Å². The van der Waals surface area contributed by atoms with Gasteiger partial charge in [-0.05, 0) is 37.5 Å². The molecule has 1 fully saturated rings. The lowest BCUT2D eigenvalue weighted by atomic mass is 9.95. The number of carbonyl (C=O) groups excluding carboxylic acids is 1. The van der Waals surface area contributed by atoms with Crippen molar-refractivity contribution >= 4 is 33.2 Å². The molecule has 7 heteroatoms. The first kappa shape index (κ1) is 18.2. The second-order valence-corrected chi connectivity index (χ2v) is 8.48. The van der Waals surface area contributed by atoms with E-state index in [1.807, 2.05) is 13.0 Å². The van der Waals surface area contributed by atoms with Crippen LogP contribution in [0.1, 0.15) is 37.7 Å². The Morgan fingerprint density at radius 2 is 1.96 bits per heavy atom. The molecule has 0 atom stereocenters. The maximum absolute atomic E-state index is 12.3. The third-order valence-electron chi connectivity index (χ3n) is 4.18. The Bertz CT molecular complexity index is 670. The Kier molecular flexibility index (Phi) is 6.06. The Balaban J connectivity index is 2.09. The van der Waals surface area contributed by atoms with E-state index in [2.05, 4.69) is 5.32 Å². The number of benzene rings is 1. The van der Waals surface area contributed by atoms with Crippen LogP contribution in [0.15, 0.2) is 18.2 Å². The van der Waals surface area contributed by atoms with Crippen molar-refractivity contribution in [2.75, 3.05) is 18.1 Å². The smallest absolute Gasteiger partial charge is 0.239 e. The van der Waals surface area contributed by atoms with Crippen molar-refractivity contribution in [3.8, 4) is 0 Å². The number of nitrogens with zero attached hydrogens (tertiary/aromatic N) is 1. The highest BCUT2D eigenvalue weighted by Crippen LogP contribution is 2.25. The summed E-state index contributed by atoms with van der Waals surface area (Å²) in [6, 6.07) is 5.15. The van der Waals surface area contributed by atoms with Gasteiger partial charge in [0, 0.05) is 16.8 Å². The minimum absolute atomic E-state index is 0.0787. The summed E-state index contributed by atoms with van der Waals surface area (Å²) in [7, 11) is -3.42. The highest BCUT2D eigenvalue weighted by atomic mass is 35.5. The molecule has 128 valence electrons. The number of hydrogen-bond acceptors (Lipinski definition) is 3. The third kappa shape index (κ3) is 5.19. The standard InChI is InChI=1S/C16H23ClN2O3S/c1-12-8-9-13(17)10-15(12)18-16(20)11-19(23(2,21)22)14-6-4-3-5-7-14/h8-10,14H,3-7,11H2,1-2H3,(H,18,20). The van der Waals surface area contributed by atoms with Gasteiger partial charge >= 0.3 is 0 Å². The average Bonchev–Trinajstić information content (AvgIpc) is 2.48. The summed E-state index contributed by atoms with van der Waals surface area (Å²) in [5.41, 5.74) is 1.49. The second-order valence-electron chi connectivity index (χ2n) is 6.11. The van der Waals surface area contributed by atoms with Gasteiger partial charge < -0.3 is 5.32 Å². The largest absolute Gasteiger partial charge is 0.325 e. The Morgan fingerprint density at radius 1 is 1.30 bits per heavy atom. The molecule has 0 aromatic heterocycles. The van der Waals surface area contributed by atoms with Gasteiger partial charge in [0.25, 0.3) is 0 Å². The zero-order chi connectivity index (χ0) is 17.0. The van der Waals surface area contributed by atoms with Crippen LogP contribution < -0.4 is 5.32 Å². The Morgan fingerprint density at radius 3 is 2.57 bits per heavy atom. The molecule has 0 unspecified atom stereocenters. The van der Waals surface area contributed by atoms with E-state index in [1.165, 1.54) is 10.6 Å². The molecule has 5 nitrogen and oxygen atoms in total. The minimum Gasteiger partial charge on any atom is -0.325 e. The zero-order valence-corrected chi connectivity index (χ0v) is 15.1. The lowest BCUT2D eigenvalue weighted by molar-refractivity contribution is -0.116. The van der Waals surface area contributed by atoms with Crippen LogP contribution in [0.5, 0.6) is 0 Å². The van der Waals surface area contributed by atoms with Crippen molar-refractivity contribution < 1.29 is 13.2 Å². The van der Waals surface area contributed by atoms with Crippen molar-refractivity contribution in [2.24, 2.45) is 0 Å². The van der Waals surface area contributed by atoms with E-state index >= 15 is 0 Å². The van der Waals surface area contributed by atoms with Crippen LogP contribution >= 0.6 is 11.6 Å². The van der Waals surface area contributed by atoms with Gasteiger partial charge in [0.1, 0.15) is 0 Å². The number of hydrogen-bond donors (Lipinski definition) is 1. The molecule has 1 amide bonds. The molecule has 0 aliphatic heterocycles. The first-order valence-electron chi connectivity index (χ1n) is 7.80. The van der Waals surface area contributed by atoms with Crippen LogP contribution in [0.25, 0.3) is 0 Å². The van der Waals surface area contributed by atoms with Gasteiger partial charge in [-0.1, -0.05) is 36.9 Å². The normalized spacial score (nSPS) is 16.5. The van der Waals surface area contributed by atoms with Crippen LogP contribution in [0.4, 0.5) is 5.69 Å². The number of carbonyl (C=O) groups is 1. The molecule has 1 aliphatic carbocycles. The number of amides is 1. The predicted molar refractivity (Wildman–Crippen MR) is 93.2 cm³/mol. The molecule has 1 saturated carbocycles. The molecule has 23 heavy (non-hydrogen) atoms. The summed E-state index contributed by atoms with van der Waals surface area (Å²) in [5, 5.41) is 3.29. The molecule has 0 radical (unpaired) electrons. The van der Waals surface area contributed by atoms with Crippen molar-refractivity contribution in [3.05, 3.63) is 28.8 Å². The van der Waals surface area contributed by atoms with Crippen molar-refractivity contribution in [2.45, 2.75) is 45.1 Å². The highest BCUT2D eigenvalue weighted by molar-refractivity contribution is 7.88. The van der Waals surface area contributed by atoms with Crippen molar-refractivity contribution in [1.29, 1.82) is 0 Å². The monoisotopic (exact) mass is 358 g/mol. The van der Waals surface area contributed by atoms with Gasteiger partial charge in [-0.2, -0.15) is 4.31 Å². The molecule has 1 aromatic rings. The van der Waals surface area contributed by atoms with E-state index in [4.69, 9.17) is 11.6 Å². The van der Waals surface area contributed by atoms with Gasteiger partial charge in [0.15, 0.2) is 0 Å². The Labute approximate surface area is 143 Å². The van der Waals surface area contributed by atoms with E-state index < -0.39 is 10.0 Å². The molecule has 0 heterocycles. The quantitative estimate of drug-likeness (QED) is 0.879. The van der Waals surface area contributed by atoms with Crippen LogP contribution in [-0.4, -0.2) is 37.5 Å². The first-order chi connectivity index (χ1) is 10.8. The lowest BCUT2D eigenvalue weighted by Crippen LogP contribution is -2.45. The summed E-state index contributed by atoms with van der Waals surface area (Å²) in [4.78, 5) is 12.3. The van der Waals surface area contributed by atoms with Gasteiger partial charge in [-0.3, -0.25) is 4.79 Å². The van der Waals surface area contributed by atoms with E-state index in [0.717, 1.165) is 37.7 Å². The summed E-state index contributed by atoms with van der Waals surface area (Å²) in [5.74, 6) is -0.341. The number of aryl methyl sites for hydroxylation is 1. The molecule has 2 rings (SSSR count). The van der Waals surface area contributed by atoms with E-state index in [9.17, 15) is 13.2 Å². The summed E-state index contributed by atoms with van der Waals surface area (Å²) in [6.45, 7) is 1.71. The molecular formula is C16H23ClN2O3S. The van der Waals surface area contributed by atoms with Gasteiger partial charge in [0.2, 0.25) is 15.9 Å².